The van der Waals surface area contributed by atoms with Crippen molar-refractivity contribution in [2.24, 2.45) is 11.8 Å². The van der Waals surface area contributed by atoms with Gasteiger partial charge in [-0.15, -0.1) is 0 Å². The number of carbonyl (C=O) groups excluding carboxylic acids is 1. The van der Waals surface area contributed by atoms with E-state index < -0.39 is 0 Å². The van der Waals surface area contributed by atoms with E-state index in [1.807, 2.05) is 0 Å². The Morgan fingerprint density at radius 3 is 2.34 bits per heavy atom. The number of amides is 1. The van der Waals surface area contributed by atoms with Crippen molar-refractivity contribution in [3.8, 4) is 0 Å². The van der Waals surface area contributed by atoms with Gasteiger partial charge in [-0.1, -0.05) is 61.0 Å². The van der Waals surface area contributed by atoms with Gasteiger partial charge in [0.05, 0.1) is 0 Å². The normalized spacial score (nSPS) is 20.9. The van der Waals surface area contributed by atoms with Crippen LogP contribution in [0.4, 0.5) is 0 Å². The Bertz CT molecular complexity index is 888. The first-order chi connectivity index (χ1) is 15.5. The molecule has 2 fully saturated rings. The van der Waals surface area contributed by atoms with E-state index in [1.54, 1.807) is 0 Å². The zero-order chi connectivity index (χ0) is 22.3. The summed E-state index contributed by atoms with van der Waals surface area (Å²) in [6.07, 6.45) is 4.56. The molecular weight excluding hydrogens is 394 g/mol. The summed E-state index contributed by atoms with van der Waals surface area (Å²) >= 11 is 0. The van der Waals surface area contributed by atoms with Crippen LogP contribution in [0.5, 0.6) is 0 Å². The first kappa shape index (κ1) is 23.0. The lowest BCUT2D eigenvalue weighted by Crippen LogP contribution is -2.40. The van der Waals surface area contributed by atoms with Crippen LogP contribution in [0.1, 0.15) is 54.9 Å². The first-order valence-corrected chi connectivity index (χ1v) is 12.4. The number of rotatable bonds is 7. The molecular formula is C28H39N3O. The molecule has 1 unspecified atom stereocenters. The number of hydrogen-bond donors (Lipinski definition) is 1. The van der Waals surface area contributed by atoms with Crippen LogP contribution < -0.4 is 5.32 Å². The van der Waals surface area contributed by atoms with Gasteiger partial charge in [0.2, 0.25) is 5.91 Å². The highest BCUT2D eigenvalue weighted by Crippen LogP contribution is 2.21. The minimum atomic E-state index is 0.141. The first-order valence-electron chi connectivity index (χ1n) is 12.4. The van der Waals surface area contributed by atoms with Crippen molar-refractivity contribution < 1.29 is 4.79 Å². The molecule has 4 rings (SSSR count). The molecule has 4 nitrogen and oxygen atoms in total. The van der Waals surface area contributed by atoms with E-state index in [9.17, 15) is 4.79 Å². The second-order valence-corrected chi connectivity index (χ2v) is 10.1. The smallest absolute Gasteiger partial charge is 0.223 e. The number of piperidine rings is 2. The molecule has 2 saturated heterocycles. The average Bonchev–Trinajstić information content (AvgIpc) is 2.78. The maximum Gasteiger partial charge on any atom is 0.223 e. The van der Waals surface area contributed by atoms with Crippen LogP contribution >= 0.6 is 0 Å². The number of carbonyl (C=O) groups is 1. The number of hydrogen-bond acceptors (Lipinski definition) is 3. The fourth-order valence-electron chi connectivity index (χ4n) is 5.28. The Hall–Kier alpha value is -2.17. The van der Waals surface area contributed by atoms with Crippen molar-refractivity contribution in [2.75, 3.05) is 26.2 Å². The number of likely N-dealkylation sites (tertiary alicyclic amines) is 2. The Kier molecular flexibility index (Phi) is 7.99. The maximum absolute atomic E-state index is 12.8. The van der Waals surface area contributed by atoms with Crippen molar-refractivity contribution >= 4 is 5.91 Å². The standard InChI is InChI=1S/C28H39N3O/c1-22-6-3-9-25(16-22)20-30-14-11-27(12-15-30)28(32)29-18-24-8-4-10-26(17-24)21-31-13-5-7-23(2)19-31/h3-4,6,8-10,16-17,23,27H,5,7,11-15,18-21H2,1-2H3,(H,29,32). The van der Waals surface area contributed by atoms with Crippen LogP contribution in [0.25, 0.3) is 0 Å². The molecule has 2 heterocycles. The average molecular weight is 434 g/mol. The fourth-order valence-corrected chi connectivity index (χ4v) is 5.28. The third kappa shape index (κ3) is 6.66. The van der Waals surface area contributed by atoms with E-state index in [0.717, 1.165) is 44.9 Å². The number of benzene rings is 2. The summed E-state index contributed by atoms with van der Waals surface area (Å²) < 4.78 is 0. The molecule has 0 radical (unpaired) electrons. The highest BCUT2D eigenvalue weighted by Gasteiger charge is 2.25. The SMILES string of the molecule is Cc1cccc(CN2CCC(C(=O)NCc3cccc(CN4CCCC(C)C4)c3)CC2)c1. The van der Waals surface area contributed by atoms with E-state index in [1.165, 1.54) is 48.2 Å². The highest BCUT2D eigenvalue weighted by atomic mass is 16.1. The second kappa shape index (κ2) is 11.1. The van der Waals surface area contributed by atoms with Crippen molar-refractivity contribution in [3.63, 3.8) is 0 Å². The Labute approximate surface area is 194 Å². The van der Waals surface area contributed by atoms with Crippen LogP contribution in [0, 0.1) is 18.8 Å². The minimum absolute atomic E-state index is 0.141. The molecule has 1 N–H and O–H groups in total. The zero-order valence-electron chi connectivity index (χ0n) is 19.9. The van der Waals surface area contributed by atoms with Crippen LogP contribution in [0.15, 0.2) is 48.5 Å². The molecule has 1 atom stereocenters. The third-order valence-electron chi connectivity index (χ3n) is 7.05. The molecule has 2 aliphatic heterocycles. The molecule has 32 heavy (non-hydrogen) atoms. The molecule has 4 heteroatoms. The summed E-state index contributed by atoms with van der Waals surface area (Å²) in [5, 5.41) is 3.21. The molecule has 0 bridgehead atoms. The van der Waals surface area contributed by atoms with E-state index in [4.69, 9.17) is 0 Å². The summed E-state index contributed by atoms with van der Waals surface area (Å²) in [6.45, 7) is 11.5. The minimum Gasteiger partial charge on any atom is -0.352 e. The monoisotopic (exact) mass is 433 g/mol. The van der Waals surface area contributed by atoms with Gasteiger partial charge in [0.1, 0.15) is 0 Å². The van der Waals surface area contributed by atoms with Crippen molar-refractivity contribution in [1.29, 1.82) is 0 Å². The molecule has 172 valence electrons. The van der Waals surface area contributed by atoms with Gasteiger partial charge < -0.3 is 5.32 Å². The molecule has 2 aliphatic rings. The topological polar surface area (TPSA) is 35.6 Å². The Morgan fingerprint density at radius 1 is 0.906 bits per heavy atom. The van der Waals surface area contributed by atoms with Crippen molar-refractivity contribution in [3.05, 3.63) is 70.8 Å². The van der Waals surface area contributed by atoms with Gasteiger partial charge in [0.15, 0.2) is 0 Å². The van der Waals surface area contributed by atoms with Gasteiger partial charge in [0, 0.05) is 32.1 Å². The van der Waals surface area contributed by atoms with E-state index in [-0.39, 0.29) is 11.8 Å². The Balaban J connectivity index is 1.21. The van der Waals surface area contributed by atoms with Crippen LogP contribution in [0.2, 0.25) is 0 Å². The Morgan fingerprint density at radius 2 is 1.59 bits per heavy atom. The summed E-state index contributed by atoms with van der Waals surface area (Å²) in [4.78, 5) is 17.8. The molecule has 0 spiro atoms. The number of aryl methyl sites for hydroxylation is 1. The predicted molar refractivity (Wildman–Crippen MR) is 131 cm³/mol. The lowest BCUT2D eigenvalue weighted by atomic mass is 9.95. The zero-order valence-corrected chi connectivity index (χ0v) is 19.9. The maximum atomic E-state index is 12.8. The van der Waals surface area contributed by atoms with E-state index in [2.05, 4.69) is 77.5 Å². The van der Waals surface area contributed by atoms with E-state index in [0.29, 0.717) is 6.54 Å². The lowest BCUT2D eigenvalue weighted by molar-refractivity contribution is -0.126. The van der Waals surface area contributed by atoms with Crippen LogP contribution in [-0.2, 0) is 24.4 Å². The number of nitrogens with one attached hydrogen (secondary N) is 1. The molecule has 2 aromatic rings. The van der Waals surface area contributed by atoms with Gasteiger partial charge in [0.25, 0.3) is 0 Å². The summed E-state index contributed by atoms with van der Waals surface area (Å²) in [7, 11) is 0. The summed E-state index contributed by atoms with van der Waals surface area (Å²) in [5.41, 5.74) is 5.24. The van der Waals surface area contributed by atoms with Gasteiger partial charge in [-0.25, -0.2) is 0 Å². The molecule has 0 saturated carbocycles. The van der Waals surface area contributed by atoms with Crippen LogP contribution in [0.3, 0.4) is 0 Å². The van der Waals surface area contributed by atoms with Crippen molar-refractivity contribution in [2.45, 2.75) is 59.2 Å². The van der Waals surface area contributed by atoms with E-state index >= 15 is 0 Å². The third-order valence-corrected chi connectivity index (χ3v) is 7.05. The molecule has 1 amide bonds. The quantitative estimate of drug-likeness (QED) is 0.684. The largest absolute Gasteiger partial charge is 0.352 e. The second-order valence-electron chi connectivity index (χ2n) is 10.1. The highest BCUT2D eigenvalue weighted by molar-refractivity contribution is 5.78. The number of nitrogens with zero attached hydrogens (tertiary/aromatic N) is 2. The predicted octanol–water partition coefficient (Wildman–Crippen LogP) is 4.76. The summed E-state index contributed by atoms with van der Waals surface area (Å²) in [6, 6.07) is 17.5. The summed E-state index contributed by atoms with van der Waals surface area (Å²) in [5.74, 6) is 1.16. The van der Waals surface area contributed by atoms with Gasteiger partial charge >= 0.3 is 0 Å². The molecule has 2 aromatic carbocycles. The lowest BCUT2D eigenvalue weighted by Gasteiger charge is -2.31. The fraction of sp³-hybridized carbons (Fsp3) is 0.536. The van der Waals surface area contributed by atoms with Crippen LogP contribution in [-0.4, -0.2) is 41.9 Å². The van der Waals surface area contributed by atoms with Crippen molar-refractivity contribution in [1.82, 2.24) is 15.1 Å². The molecule has 0 aliphatic carbocycles. The van der Waals surface area contributed by atoms with Gasteiger partial charge in [-0.2, -0.15) is 0 Å². The van der Waals surface area contributed by atoms with Gasteiger partial charge in [-0.3, -0.25) is 14.6 Å². The molecule has 0 aromatic heterocycles. The van der Waals surface area contributed by atoms with Gasteiger partial charge in [-0.05, 0) is 74.8 Å².